The monoisotopic (exact) mass is 323 g/mol. The van der Waals surface area contributed by atoms with Gasteiger partial charge in [-0.05, 0) is 47.5 Å². The zero-order valence-electron chi connectivity index (χ0n) is 11.2. The highest BCUT2D eigenvalue weighted by Gasteiger charge is 2.14. The van der Waals surface area contributed by atoms with Gasteiger partial charge in [0, 0.05) is 29.3 Å². The first kappa shape index (κ1) is 14.2. The first-order valence-electron chi connectivity index (χ1n) is 6.49. The van der Waals surface area contributed by atoms with E-state index in [1.54, 1.807) is 6.20 Å². The fourth-order valence-electron chi connectivity index (χ4n) is 2.01. The molecule has 1 N–H and O–H groups in total. The standard InChI is InChI=1S/C14H18BrN3O/c1-3-11-7-12(18(4-2)17-11)8-14(19)13-6-5-10(15)9-16-13/h5-7,9,14,19H,3-4,8H2,1-2H3. The van der Waals surface area contributed by atoms with Crippen molar-refractivity contribution in [1.29, 1.82) is 0 Å². The summed E-state index contributed by atoms with van der Waals surface area (Å²) in [6.07, 6.45) is 2.55. The predicted molar refractivity (Wildman–Crippen MR) is 77.9 cm³/mol. The van der Waals surface area contributed by atoms with Crippen LogP contribution in [0.5, 0.6) is 0 Å². The number of hydrogen-bond acceptors (Lipinski definition) is 3. The number of aromatic nitrogens is 3. The molecule has 4 nitrogen and oxygen atoms in total. The Balaban J connectivity index is 2.15. The second-order valence-corrected chi connectivity index (χ2v) is 5.33. The van der Waals surface area contributed by atoms with Crippen LogP contribution in [0.1, 0.15) is 37.0 Å². The second kappa shape index (κ2) is 6.30. The molecule has 2 heterocycles. The van der Waals surface area contributed by atoms with E-state index in [-0.39, 0.29) is 0 Å². The topological polar surface area (TPSA) is 50.9 Å². The van der Waals surface area contributed by atoms with Gasteiger partial charge in [-0.25, -0.2) is 0 Å². The van der Waals surface area contributed by atoms with E-state index in [0.717, 1.165) is 28.8 Å². The summed E-state index contributed by atoms with van der Waals surface area (Å²) < 4.78 is 2.86. The summed E-state index contributed by atoms with van der Waals surface area (Å²) in [7, 11) is 0. The van der Waals surface area contributed by atoms with Gasteiger partial charge in [-0.2, -0.15) is 5.10 Å². The normalized spacial score (nSPS) is 12.6. The molecule has 0 spiro atoms. The van der Waals surface area contributed by atoms with Crippen LogP contribution in [-0.2, 0) is 19.4 Å². The van der Waals surface area contributed by atoms with E-state index < -0.39 is 6.10 Å². The number of pyridine rings is 1. The van der Waals surface area contributed by atoms with Crippen molar-refractivity contribution in [1.82, 2.24) is 14.8 Å². The molecular formula is C14H18BrN3O. The summed E-state index contributed by atoms with van der Waals surface area (Å²) in [5.74, 6) is 0. The molecule has 0 aliphatic heterocycles. The smallest absolute Gasteiger partial charge is 0.101 e. The lowest BCUT2D eigenvalue weighted by Gasteiger charge is -2.11. The summed E-state index contributed by atoms with van der Waals surface area (Å²) in [5, 5.41) is 14.7. The van der Waals surface area contributed by atoms with Crippen molar-refractivity contribution in [3.8, 4) is 0 Å². The van der Waals surface area contributed by atoms with Gasteiger partial charge in [0.25, 0.3) is 0 Å². The Morgan fingerprint density at radius 3 is 2.74 bits per heavy atom. The van der Waals surface area contributed by atoms with E-state index >= 15 is 0 Å². The van der Waals surface area contributed by atoms with Crippen molar-refractivity contribution in [3.63, 3.8) is 0 Å². The van der Waals surface area contributed by atoms with Crippen LogP contribution < -0.4 is 0 Å². The van der Waals surface area contributed by atoms with Gasteiger partial charge in [0.15, 0.2) is 0 Å². The van der Waals surface area contributed by atoms with E-state index in [4.69, 9.17) is 0 Å². The maximum Gasteiger partial charge on any atom is 0.101 e. The molecule has 2 aromatic heterocycles. The number of hydrogen-bond donors (Lipinski definition) is 1. The van der Waals surface area contributed by atoms with Crippen LogP contribution in [0.25, 0.3) is 0 Å². The summed E-state index contributed by atoms with van der Waals surface area (Å²) in [6.45, 7) is 4.95. The number of aliphatic hydroxyl groups is 1. The molecule has 102 valence electrons. The van der Waals surface area contributed by atoms with Crippen LogP contribution in [0.2, 0.25) is 0 Å². The lowest BCUT2D eigenvalue weighted by Crippen LogP contribution is -2.09. The van der Waals surface area contributed by atoms with Gasteiger partial charge in [-0.3, -0.25) is 9.67 Å². The van der Waals surface area contributed by atoms with Crippen molar-refractivity contribution < 1.29 is 5.11 Å². The second-order valence-electron chi connectivity index (χ2n) is 4.42. The number of aryl methyl sites for hydroxylation is 2. The molecule has 0 radical (unpaired) electrons. The molecule has 0 aliphatic carbocycles. The van der Waals surface area contributed by atoms with E-state index in [2.05, 4.69) is 45.9 Å². The van der Waals surface area contributed by atoms with Gasteiger partial charge in [-0.15, -0.1) is 0 Å². The summed E-state index contributed by atoms with van der Waals surface area (Å²) in [4.78, 5) is 4.23. The Labute approximate surface area is 121 Å². The van der Waals surface area contributed by atoms with E-state index in [1.807, 2.05) is 16.8 Å². The van der Waals surface area contributed by atoms with Gasteiger partial charge >= 0.3 is 0 Å². The Bertz CT molecular complexity index is 536. The van der Waals surface area contributed by atoms with Crippen molar-refractivity contribution in [2.75, 3.05) is 0 Å². The molecule has 1 unspecified atom stereocenters. The van der Waals surface area contributed by atoms with Crippen molar-refractivity contribution in [2.45, 2.75) is 39.3 Å². The highest BCUT2D eigenvalue weighted by atomic mass is 79.9. The van der Waals surface area contributed by atoms with Crippen molar-refractivity contribution >= 4 is 15.9 Å². The minimum atomic E-state index is -0.597. The van der Waals surface area contributed by atoms with Crippen LogP contribution in [-0.4, -0.2) is 19.9 Å². The third-order valence-corrected chi connectivity index (χ3v) is 3.54. The molecule has 19 heavy (non-hydrogen) atoms. The molecule has 0 bridgehead atoms. The number of aliphatic hydroxyl groups excluding tert-OH is 1. The van der Waals surface area contributed by atoms with Crippen LogP contribution >= 0.6 is 15.9 Å². The molecule has 5 heteroatoms. The molecule has 0 aliphatic rings. The zero-order valence-corrected chi connectivity index (χ0v) is 12.8. The van der Waals surface area contributed by atoms with E-state index in [1.165, 1.54) is 0 Å². The highest BCUT2D eigenvalue weighted by Crippen LogP contribution is 2.19. The molecule has 1 atom stereocenters. The molecule has 2 aromatic rings. The Morgan fingerprint density at radius 2 is 2.16 bits per heavy atom. The van der Waals surface area contributed by atoms with Crippen molar-refractivity contribution in [3.05, 3.63) is 46.0 Å². The van der Waals surface area contributed by atoms with Crippen LogP contribution in [0.15, 0.2) is 28.9 Å². The maximum absolute atomic E-state index is 10.2. The summed E-state index contributed by atoms with van der Waals surface area (Å²) in [5.41, 5.74) is 2.80. The van der Waals surface area contributed by atoms with Gasteiger partial charge < -0.3 is 5.11 Å². The highest BCUT2D eigenvalue weighted by molar-refractivity contribution is 9.10. The fourth-order valence-corrected chi connectivity index (χ4v) is 2.25. The number of halogens is 1. The van der Waals surface area contributed by atoms with Gasteiger partial charge in [-0.1, -0.05) is 6.92 Å². The largest absolute Gasteiger partial charge is 0.386 e. The fraction of sp³-hybridized carbons (Fsp3) is 0.429. The molecule has 2 rings (SSSR count). The van der Waals surface area contributed by atoms with Crippen LogP contribution in [0, 0.1) is 0 Å². The first-order valence-corrected chi connectivity index (χ1v) is 7.28. The van der Waals surface area contributed by atoms with Gasteiger partial charge in [0.05, 0.1) is 11.4 Å². The summed E-state index contributed by atoms with van der Waals surface area (Å²) >= 11 is 3.34. The van der Waals surface area contributed by atoms with Crippen LogP contribution in [0.4, 0.5) is 0 Å². The molecule has 0 aromatic carbocycles. The molecule has 0 saturated carbocycles. The average Bonchev–Trinajstić information content (AvgIpc) is 2.81. The minimum absolute atomic E-state index is 0.537. The molecule has 0 fully saturated rings. The lowest BCUT2D eigenvalue weighted by atomic mass is 10.1. The lowest BCUT2D eigenvalue weighted by molar-refractivity contribution is 0.170. The molecule has 0 amide bonds. The minimum Gasteiger partial charge on any atom is -0.386 e. The number of rotatable bonds is 5. The summed E-state index contributed by atoms with van der Waals surface area (Å²) in [6, 6.07) is 5.79. The Morgan fingerprint density at radius 1 is 1.37 bits per heavy atom. The van der Waals surface area contributed by atoms with E-state index in [9.17, 15) is 5.11 Å². The Kier molecular flexibility index (Phi) is 4.71. The first-order chi connectivity index (χ1) is 9.13. The van der Waals surface area contributed by atoms with Gasteiger partial charge in [0.1, 0.15) is 6.10 Å². The van der Waals surface area contributed by atoms with E-state index in [0.29, 0.717) is 12.1 Å². The average molecular weight is 324 g/mol. The predicted octanol–water partition coefficient (Wildman–Crippen LogP) is 2.90. The third kappa shape index (κ3) is 3.42. The van der Waals surface area contributed by atoms with Gasteiger partial charge in [0.2, 0.25) is 0 Å². The third-order valence-electron chi connectivity index (χ3n) is 3.07. The van der Waals surface area contributed by atoms with Crippen LogP contribution in [0.3, 0.4) is 0 Å². The number of nitrogens with zero attached hydrogens (tertiary/aromatic N) is 3. The maximum atomic E-state index is 10.2. The zero-order chi connectivity index (χ0) is 13.8. The van der Waals surface area contributed by atoms with Crippen molar-refractivity contribution in [2.24, 2.45) is 0 Å². The SMILES string of the molecule is CCc1cc(CC(O)c2ccc(Br)cn2)n(CC)n1. The Hall–Kier alpha value is -1.20. The molecular weight excluding hydrogens is 306 g/mol. The molecule has 0 saturated heterocycles. The quantitative estimate of drug-likeness (QED) is 0.920.